The Kier molecular flexibility index (Phi) is 16.5. The third kappa shape index (κ3) is 14.7. The van der Waals surface area contributed by atoms with Crippen LogP contribution in [0.1, 0.15) is 77.6 Å². The van der Waals surface area contributed by atoms with Crippen molar-refractivity contribution in [1.82, 2.24) is 10.2 Å². The number of rotatable bonds is 17. The third-order valence-electron chi connectivity index (χ3n) is 4.48. The van der Waals surface area contributed by atoms with Crippen molar-refractivity contribution in [1.29, 1.82) is 0 Å². The minimum atomic E-state index is -1.03. The van der Waals surface area contributed by atoms with E-state index in [1.807, 2.05) is 7.05 Å². The fraction of sp³-hybridized carbons (Fsp3) is 0.800. The molecule has 0 aromatic heterocycles. The normalized spacial score (nSPS) is 12.4. The van der Waals surface area contributed by atoms with Gasteiger partial charge in [0, 0.05) is 12.6 Å². The molecule has 0 aliphatic rings. The number of nitrogens with zero attached hydrogens (tertiary/aromatic N) is 1. The number of hydrogen-bond acceptors (Lipinski definition) is 3. The van der Waals surface area contributed by atoms with Crippen molar-refractivity contribution >= 4 is 12.4 Å². The second kappa shape index (κ2) is 17.5. The number of carboxylic acid groups (broad SMARTS) is 1. The molecule has 0 radical (unpaired) electrons. The summed E-state index contributed by atoms with van der Waals surface area (Å²) >= 11 is 0. The predicted octanol–water partition coefficient (Wildman–Crippen LogP) is 4.62. The zero-order valence-electron chi connectivity index (χ0n) is 16.2. The van der Waals surface area contributed by atoms with Gasteiger partial charge in [-0.05, 0) is 39.2 Å². The molecular formula is C20H38N2O3. The molecule has 0 spiro atoms. The molecule has 0 aliphatic heterocycles. The van der Waals surface area contributed by atoms with Crippen molar-refractivity contribution in [3.63, 3.8) is 0 Å². The van der Waals surface area contributed by atoms with Crippen LogP contribution in [0.15, 0.2) is 12.2 Å². The maximum atomic E-state index is 11.0. The molecule has 1 amide bonds. The lowest BCUT2D eigenvalue weighted by Crippen LogP contribution is -2.42. The van der Waals surface area contributed by atoms with Crippen LogP contribution in [-0.4, -0.2) is 48.6 Å². The highest BCUT2D eigenvalue weighted by Crippen LogP contribution is 2.10. The maximum absolute atomic E-state index is 11.0. The molecule has 0 aromatic rings. The molecule has 0 heterocycles. The van der Waals surface area contributed by atoms with E-state index in [9.17, 15) is 9.59 Å². The Labute approximate surface area is 153 Å². The van der Waals surface area contributed by atoms with Crippen molar-refractivity contribution < 1.29 is 14.7 Å². The SMILES string of the molecule is CCCCCCC=CCCCCCCC(CN(CC=O)C(=O)O)NC. The summed E-state index contributed by atoms with van der Waals surface area (Å²) in [7, 11) is 1.84. The fourth-order valence-corrected chi connectivity index (χ4v) is 2.84. The molecule has 2 N–H and O–H groups in total. The monoisotopic (exact) mass is 354 g/mol. The zero-order chi connectivity index (χ0) is 18.8. The lowest BCUT2D eigenvalue weighted by atomic mass is 10.1. The van der Waals surface area contributed by atoms with E-state index in [4.69, 9.17) is 5.11 Å². The number of hydrogen-bond donors (Lipinski definition) is 2. The summed E-state index contributed by atoms with van der Waals surface area (Å²) in [5.41, 5.74) is 0. The molecule has 0 fully saturated rings. The molecule has 1 atom stereocenters. The fourth-order valence-electron chi connectivity index (χ4n) is 2.84. The molecule has 0 saturated heterocycles. The quantitative estimate of drug-likeness (QED) is 0.227. The Morgan fingerprint density at radius 1 is 1.04 bits per heavy atom. The van der Waals surface area contributed by atoms with Gasteiger partial charge in [0.15, 0.2) is 0 Å². The van der Waals surface area contributed by atoms with E-state index in [1.165, 1.54) is 56.3 Å². The molecule has 0 rings (SSSR count). The minimum Gasteiger partial charge on any atom is -0.465 e. The van der Waals surface area contributed by atoms with Crippen LogP contribution in [0.25, 0.3) is 0 Å². The van der Waals surface area contributed by atoms with Crippen molar-refractivity contribution in [2.45, 2.75) is 83.6 Å². The highest BCUT2D eigenvalue weighted by molar-refractivity contribution is 5.69. The number of amides is 1. The second-order valence-corrected chi connectivity index (χ2v) is 6.65. The van der Waals surface area contributed by atoms with Crippen LogP contribution >= 0.6 is 0 Å². The predicted molar refractivity (Wildman–Crippen MR) is 104 cm³/mol. The van der Waals surface area contributed by atoms with Gasteiger partial charge in [0.1, 0.15) is 6.29 Å². The number of aldehydes is 1. The first-order valence-electron chi connectivity index (χ1n) is 9.89. The van der Waals surface area contributed by atoms with Gasteiger partial charge in [-0.15, -0.1) is 0 Å². The third-order valence-corrected chi connectivity index (χ3v) is 4.48. The van der Waals surface area contributed by atoms with Crippen LogP contribution in [0, 0.1) is 0 Å². The first-order valence-corrected chi connectivity index (χ1v) is 9.89. The van der Waals surface area contributed by atoms with Gasteiger partial charge >= 0.3 is 6.09 Å². The van der Waals surface area contributed by atoms with Gasteiger partial charge < -0.3 is 15.2 Å². The molecule has 25 heavy (non-hydrogen) atoms. The molecule has 5 heteroatoms. The first kappa shape index (κ1) is 23.6. The summed E-state index contributed by atoms with van der Waals surface area (Å²) in [6.45, 7) is 2.55. The molecule has 5 nitrogen and oxygen atoms in total. The van der Waals surface area contributed by atoms with Crippen molar-refractivity contribution in [2.75, 3.05) is 20.1 Å². The van der Waals surface area contributed by atoms with E-state index in [0.29, 0.717) is 12.8 Å². The zero-order valence-corrected chi connectivity index (χ0v) is 16.2. The largest absolute Gasteiger partial charge is 0.465 e. The van der Waals surface area contributed by atoms with E-state index in [-0.39, 0.29) is 12.6 Å². The molecule has 0 bridgehead atoms. The molecule has 0 aliphatic carbocycles. The Balaban J connectivity index is 3.65. The Morgan fingerprint density at radius 2 is 1.64 bits per heavy atom. The Morgan fingerprint density at radius 3 is 2.16 bits per heavy atom. The molecular weight excluding hydrogens is 316 g/mol. The Hall–Kier alpha value is -1.36. The lowest BCUT2D eigenvalue weighted by Gasteiger charge is -2.23. The van der Waals surface area contributed by atoms with Crippen LogP contribution in [0.3, 0.4) is 0 Å². The summed E-state index contributed by atoms with van der Waals surface area (Å²) in [6, 6.07) is 0.110. The number of carbonyl (C=O) groups is 2. The summed E-state index contributed by atoms with van der Waals surface area (Å²) in [5.74, 6) is 0. The van der Waals surface area contributed by atoms with E-state index < -0.39 is 6.09 Å². The van der Waals surface area contributed by atoms with Crippen LogP contribution in [0.5, 0.6) is 0 Å². The van der Waals surface area contributed by atoms with Crippen LogP contribution in [-0.2, 0) is 4.79 Å². The van der Waals surface area contributed by atoms with Gasteiger partial charge in [0.25, 0.3) is 0 Å². The standard InChI is InChI=1S/C20H38N2O3/c1-3-4-5-6-7-8-9-10-11-12-13-14-15-19(21-2)18-22(16-17-23)20(24)25/h8-9,17,19,21H,3-7,10-16,18H2,1-2H3,(H,24,25). The molecule has 146 valence electrons. The summed E-state index contributed by atoms with van der Waals surface area (Å²) < 4.78 is 0. The van der Waals surface area contributed by atoms with Gasteiger partial charge in [-0.2, -0.15) is 0 Å². The first-order chi connectivity index (χ1) is 12.2. The number of allylic oxidation sites excluding steroid dienone is 2. The average molecular weight is 355 g/mol. The summed E-state index contributed by atoms with van der Waals surface area (Å²) in [6.07, 6.45) is 17.5. The van der Waals surface area contributed by atoms with Gasteiger partial charge in [-0.1, -0.05) is 57.6 Å². The van der Waals surface area contributed by atoms with Gasteiger partial charge in [0.05, 0.1) is 6.54 Å². The average Bonchev–Trinajstić information content (AvgIpc) is 2.60. The van der Waals surface area contributed by atoms with E-state index >= 15 is 0 Å². The number of unbranched alkanes of at least 4 members (excludes halogenated alkanes) is 8. The van der Waals surface area contributed by atoms with Crippen molar-refractivity contribution in [3.05, 3.63) is 12.2 Å². The van der Waals surface area contributed by atoms with Gasteiger partial charge in [-0.3, -0.25) is 4.90 Å². The minimum absolute atomic E-state index is 0.0572. The van der Waals surface area contributed by atoms with Gasteiger partial charge in [-0.25, -0.2) is 4.79 Å². The Bertz CT molecular complexity index is 359. The van der Waals surface area contributed by atoms with E-state index in [2.05, 4.69) is 24.4 Å². The van der Waals surface area contributed by atoms with Crippen LogP contribution in [0.2, 0.25) is 0 Å². The van der Waals surface area contributed by atoms with Crippen LogP contribution < -0.4 is 5.32 Å². The smallest absolute Gasteiger partial charge is 0.407 e. The lowest BCUT2D eigenvalue weighted by molar-refractivity contribution is -0.108. The van der Waals surface area contributed by atoms with Crippen molar-refractivity contribution in [3.8, 4) is 0 Å². The highest BCUT2D eigenvalue weighted by Gasteiger charge is 2.16. The number of likely N-dealkylation sites (N-methyl/N-ethyl adjacent to an activating group) is 1. The summed E-state index contributed by atoms with van der Waals surface area (Å²) in [5, 5.41) is 12.2. The molecule has 0 aromatic carbocycles. The second-order valence-electron chi connectivity index (χ2n) is 6.65. The number of nitrogens with one attached hydrogen (secondary N) is 1. The molecule has 1 unspecified atom stereocenters. The van der Waals surface area contributed by atoms with E-state index in [0.717, 1.165) is 19.3 Å². The number of carbonyl (C=O) groups excluding carboxylic acids is 1. The summed E-state index contributed by atoms with van der Waals surface area (Å²) in [4.78, 5) is 22.7. The van der Waals surface area contributed by atoms with Crippen LogP contribution in [0.4, 0.5) is 4.79 Å². The molecule has 0 saturated carbocycles. The highest BCUT2D eigenvalue weighted by atomic mass is 16.4. The maximum Gasteiger partial charge on any atom is 0.407 e. The van der Waals surface area contributed by atoms with Gasteiger partial charge in [0.2, 0.25) is 0 Å². The van der Waals surface area contributed by atoms with E-state index in [1.54, 1.807) is 0 Å². The van der Waals surface area contributed by atoms with Crippen molar-refractivity contribution in [2.24, 2.45) is 0 Å². The topological polar surface area (TPSA) is 69.6 Å².